The molecule has 2 rings (SSSR count). The van der Waals surface area contributed by atoms with Gasteiger partial charge in [-0.2, -0.15) is 5.26 Å². The van der Waals surface area contributed by atoms with Crippen LogP contribution in [0.25, 0.3) is 0 Å². The van der Waals surface area contributed by atoms with E-state index < -0.39 is 0 Å². The van der Waals surface area contributed by atoms with Crippen molar-refractivity contribution in [3.8, 4) is 6.07 Å². The van der Waals surface area contributed by atoms with Gasteiger partial charge in [0.1, 0.15) is 0 Å². The molecule has 2 aromatic rings. The maximum absolute atomic E-state index is 8.91. The molecular weight excluding hydrogens is 246 g/mol. The number of nitrogen functional groups attached to an aromatic ring is 1. The van der Waals surface area contributed by atoms with Crippen molar-refractivity contribution in [2.24, 2.45) is 0 Å². The van der Waals surface area contributed by atoms with Gasteiger partial charge in [-0.15, -0.1) is 0 Å². The van der Waals surface area contributed by atoms with Gasteiger partial charge in [-0.1, -0.05) is 11.6 Å². The highest BCUT2D eigenvalue weighted by atomic mass is 35.5. The molecule has 0 atom stereocenters. The molecule has 0 aliphatic heterocycles. The maximum Gasteiger partial charge on any atom is 0.0992 e. The molecule has 0 saturated carbocycles. The third-order valence-electron chi connectivity index (χ3n) is 2.73. The molecule has 0 radical (unpaired) electrons. The molecule has 0 heterocycles. The summed E-state index contributed by atoms with van der Waals surface area (Å²) in [4.78, 5) is 1.92. The van der Waals surface area contributed by atoms with Crippen LogP contribution < -0.4 is 10.6 Å². The minimum Gasteiger partial charge on any atom is -0.397 e. The van der Waals surface area contributed by atoms with Crippen molar-refractivity contribution in [1.82, 2.24) is 0 Å². The van der Waals surface area contributed by atoms with Crippen LogP contribution in [0.2, 0.25) is 5.02 Å². The van der Waals surface area contributed by atoms with E-state index in [0.29, 0.717) is 16.3 Å². The summed E-state index contributed by atoms with van der Waals surface area (Å²) in [6, 6.07) is 14.8. The fourth-order valence-corrected chi connectivity index (χ4v) is 1.83. The van der Waals surface area contributed by atoms with Crippen LogP contribution in [0.4, 0.5) is 17.1 Å². The first-order valence-corrected chi connectivity index (χ1v) is 5.78. The first-order chi connectivity index (χ1) is 8.61. The lowest BCUT2D eigenvalue weighted by molar-refractivity contribution is 1.21. The monoisotopic (exact) mass is 257 g/mol. The van der Waals surface area contributed by atoms with Crippen LogP contribution in [0.1, 0.15) is 5.56 Å². The van der Waals surface area contributed by atoms with E-state index in [1.807, 2.05) is 36.2 Å². The molecule has 90 valence electrons. The molecule has 0 unspecified atom stereocenters. The molecule has 4 heteroatoms. The molecule has 0 saturated heterocycles. The van der Waals surface area contributed by atoms with Gasteiger partial charge in [0, 0.05) is 17.8 Å². The van der Waals surface area contributed by atoms with E-state index in [0.717, 1.165) is 11.4 Å². The maximum atomic E-state index is 8.91. The summed E-state index contributed by atoms with van der Waals surface area (Å²) < 4.78 is 0. The minimum absolute atomic E-state index is 0.583. The SMILES string of the molecule is CN(c1ccc(Cl)cc1)c1cc(C#N)ccc1N. The second-order valence-electron chi connectivity index (χ2n) is 3.92. The molecule has 2 aromatic carbocycles. The first-order valence-electron chi connectivity index (χ1n) is 5.41. The summed E-state index contributed by atoms with van der Waals surface area (Å²) in [5, 5.41) is 9.60. The highest BCUT2D eigenvalue weighted by Crippen LogP contribution is 2.30. The summed E-state index contributed by atoms with van der Waals surface area (Å²) in [7, 11) is 1.90. The van der Waals surface area contributed by atoms with Gasteiger partial charge < -0.3 is 10.6 Å². The Labute approximate surface area is 111 Å². The fraction of sp³-hybridized carbons (Fsp3) is 0.0714. The number of rotatable bonds is 2. The molecule has 0 amide bonds. The predicted molar refractivity (Wildman–Crippen MR) is 75.1 cm³/mol. The van der Waals surface area contributed by atoms with Crippen molar-refractivity contribution < 1.29 is 0 Å². The van der Waals surface area contributed by atoms with E-state index in [-0.39, 0.29) is 0 Å². The van der Waals surface area contributed by atoms with Crippen LogP contribution in [-0.4, -0.2) is 7.05 Å². The third kappa shape index (κ3) is 2.39. The third-order valence-corrected chi connectivity index (χ3v) is 2.99. The summed E-state index contributed by atoms with van der Waals surface area (Å²) in [6.07, 6.45) is 0. The first kappa shape index (κ1) is 12.3. The number of hydrogen-bond donors (Lipinski definition) is 1. The average Bonchev–Trinajstić information content (AvgIpc) is 2.39. The number of nitrogens with zero attached hydrogens (tertiary/aromatic N) is 2. The topological polar surface area (TPSA) is 53.0 Å². The van der Waals surface area contributed by atoms with Gasteiger partial charge in [0.2, 0.25) is 0 Å². The zero-order chi connectivity index (χ0) is 13.1. The Morgan fingerprint density at radius 1 is 1.17 bits per heavy atom. The van der Waals surface area contributed by atoms with E-state index in [1.165, 1.54) is 0 Å². The van der Waals surface area contributed by atoms with E-state index in [4.69, 9.17) is 22.6 Å². The molecule has 18 heavy (non-hydrogen) atoms. The van der Waals surface area contributed by atoms with E-state index in [9.17, 15) is 0 Å². The van der Waals surface area contributed by atoms with Gasteiger partial charge in [0.25, 0.3) is 0 Å². The molecule has 0 bridgehead atoms. The normalized spacial score (nSPS) is 9.83. The van der Waals surface area contributed by atoms with Crippen LogP contribution in [-0.2, 0) is 0 Å². The number of halogens is 1. The Morgan fingerprint density at radius 2 is 1.83 bits per heavy atom. The Bertz CT molecular complexity index is 599. The second kappa shape index (κ2) is 4.99. The van der Waals surface area contributed by atoms with Crippen LogP contribution >= 0.6 is 11.6 Å². The molecule has 3 nitrogen and oxygen atoms in total. The largest absolute Gasteiger partial charge is 0.397 e. The summed E-state index contributed by atoms with van der Waals surface area (Å²) >= 11 is 5.86. The van der Waals surface area contributed by atoms with E-state index in [1.54, 1.807) is 18.2 Å². The van der Waals surface area contributed by atoms with Gasteiger partial charge in [0.15, 0.2) is 0 Å². The van der Waals surface area contributed by atoms with Crippen LogP contribution in [0.3, 0.4) is 0 Å². The van der Waals surface area contributed by atoms with Crippen molar-refractivity contribution in [3.05, 3.63) is 53.1 Å². The van der Waals surface area contributed by atoms with Crippen molar-refractivity contribution in [1.29, 1.82) is 5.26 Å². The van der Waals surface area contributed by atoms with Gasteiger partial charge in [0.05, 0.1) is 23.0 Å². The zero-order valence-corrected chi connectivity index (χ0v) is 10.6. The van der Waals surface area contributed by atoms with Crippen LogP contribution in [0.5, 0.6) is 0 Å². The molecular formula is C14H12ClN3. The van der Waals surface area contributed by atoms with Crippen LogP contribution in [0.15, 0.2) is 42.5 Å². The van der Waals surface area contributed by atoms with Gasteiger partial charge in [-0.3, -0.25) is 0 Å². The van der Waals surface area contributed by atoms with Gasteiger partial charge in [-0.05, 0) is 42.5 Å². The average molecular weight is 258 g/mol. The van der Waals surface area contributed by atoms with Gasteiger partial charge in [-0.25, -0.2) is 0 Å². The van der Waals surface area contributed by atoms with E-state index >= 15 is 0 Å². The Hall–Kier alpha value is -2.18. The Morgan fingerprint density at radius 3 is 2.44 bits per heavy atom. The van der Waals surface area contributed by atoms with Crippen molar-refractivity contribution >= 4 is 28.7 Å². The quantitative estimate of drug-likeness (QED) is 0.837. The molecule has 0 aliphatic rings. The number of nitrogens with two attached hydrogens (primary N) is 1. The highest BCUT2D eigenvalue weighted by molar-refractivity contribution is 6.30. The Balaban J connectivity index is 2.42. The number of nitriles is 1. The minimum atomic E-state index is 0.583. The number of benzene rings is 2. The standard InChI is InChI=1S/C14H12ClN3/c1-18(12-5-3-11(15)4-6-12)14-8-10(9-16)2-7-13(14)17/h2-8H,17H2,1H3. The lowest BCUT2D eigenvalue weighted by atomic mass is 10.1. The smallest absolute Gasteiger partial charge is 0.0992 e. The molecule has 2 N–H and O–H groups in total. The van der Waals surface area contributed by atoms with E-state index in [2.05, 4.69) is 6.07 Å². The van der Waals surface area contributed by atoms with Crippen molar-refractivity contribution in [2.45, 2.75) is 0 Å². The number of hydrogen-bond acceptors (Lipinski definition) is 3. The van der Waals surface area contributed by atoms with Crippen LogP contribution in [0, 0.1) is 11.3 Å². The second-order valence-corrected chi connectivity index (χ2v) is 4.36. The molecule has 0 fully saturated rings. The Kier molecular flexibility index (Phi) is 3.40. The van der Waals surface area contributed by atoms with Crippen molar-refractivity contribution in [2.75, 3.05) is 17.7 Å². The number of anilines is 3. The van der Waals surface area contributed by atoms with Crippen molar-refractivity contribution in [3.63, 3.8) is 0 Å². The summed E-state index contributed by atoms with van der Waals surface area (Å²) in [5.41, 5.74) is 8.91. The fourth-order valence-electron chi connectivity index (χ4n) is 1.71. The highest BCUT2D eigenvalue weighted by Gasteiger charge is 2.08. The predicted octanol–water partition coefficient (Wildman–Crippen LogP) is 3.56. The molecule has 0 spiro atoms. The summed E-state index contributed by atoms with van der Waals surface area (Å²) in [5.74, 6) is 0. The lowest BCUT2D eigenvalue weighted by Gasteiger charge is -2.21. The zero-order valence-electron chi connectivity index (χ0n) is 9.89. The summed E-state index contributed by atoms with van der Waals surface area (Å²) in [6.45, 7) is 0. The molecule has 0 aromatic heterocycles. The molecule has 0 aliphatic carbocycles. The lowest BCUT2D eigenvalue weighted by Crippen LogP contribution is -2.11. The van der Waals surface area contributed by atoms with Gasteiger partial charge >= 0.3 is 0 Å².